The highest BCUT2D eigenvalue weighted by Crippen LogP contribution is 2.22. The Morgan fingerprint density at radius 1 is 1.54 bits per heavy atom. The lowest BCUT2D eigenvalue weighted by Crippen LogP contribution is -1.94. The van der Waals surface area contributed by atoms with E-state index in [0.29, 0.717) is 18.5 Å². The van der Waals surface area contributed by atoms with Gasteiger partial charge in [0.25, 0.3) is 0 Å². The molecule has 0 radical (unpaired) electrons. The van der Waals surface area contributed by atoms with Gasteiger partial charge >= 0.3 is 0 Å². The van der Waals surface area contributed by atoms with Gasteiger partial charge < -0.3 is 10.5 Å². The summed E-state index contributed by atoms with van der Waals surface area (Å²) >= 11 is 0. The van der Waals surface area contributed by atoms with E-state index in [1.165, 1.54) is 0 Å². The van der Waals surface area contributed by atoms with Crippen LogP contribution in [0.1, 0.15) is 12.0 Å². The Morgan fingerprint density at radius 3 is 2.92 bits per heavy atom. The summed E-state index contributed by atoms with van der Waals surface area (Å²) in [4.78, 5) is 0. The number of nitrogens with two attached hydrogens (primary N) is 1. The lowest BCUT2D eigenvalue weighted by Gasteiger charge is -2.07. The summed E-state index contributed by atoms with van der Waals surface area (Å²) in [5.74, 6) is 0.759. The van der Waals surface area contributed by atoms with E-state index < -0.39 is 0 Å². The van der Waals surface area contributed by atoms with E-state index in [2.05, 4.69) is 6.07 Å². The minimum absolute atomic E-state index is 0.500. The van der Waals surface area contributed by atoms with Crippen molar-refractivity contribution in [2.45, 2.75) is 12.8 Å². The van der Waals surface area contributed by atoms with E-state index in [-0.39, 0.29) is 0 Å². The second-order valence-corrected chi connectivity index (χ2v) is 2.73. The Bertz CT molecular complexity index is 328. The molecule has 13 heavy (non-hydrogen) atoms. The molecule has 0 amide bonds. The number of anilines is 1. The van der Waals surface area contributed by atoms with E-state index in [4.69, 9.17) is 15.7 Å². The number of methoxy groups -OCH3 is 1. The van der Waals surface area contributed by atoms with Gasteiger partial charge in [0.2, 0.25) is 0 Å². The van der Waals surface area contributed by atoms with Crippen LogP contribution in [-0.4, -0.2) is 7.11 Å². The van der Waals surface area contributed by atoms with Crippen molar-refractivity contribution in [3.63, 3.8) is 0 Å². The molecule has 0 unspecified atom stereocenters. The third-order valence-corrected chi connectivity index (χ3v) is 1.82. The molecule has 0 aliphatic rings. The zero-order valence-corrected chi connectivity index (χ0v) is 7.58. The van der Waals surface area contributed by atoms with Gasteiger partial charge in [-0.2, -0.15) is 5.26 Å². The van der Waals surface area contributed by atoms with Gasteiger partial charge in [-0.25, -0.2) is 0 Å². The van der Waals surface area contributed by atoms with Gasteiger partial charge in [-0.1, -0.05) is 6.07 Å². The molecule has 3 heteroatoms. The number of hydrogen-bond donors (Lipinski definition) is 1. The third kappa shape index (κ3) is 2.38. The van der Waals surface area contributed by atoms with Crippen LogP contribution in [0.25, 0.3) is 0 Å². The van der Waals surface area contributed by atoms with Crippen LogP contribution in [0.3, 0.4) is 0 Å². The van der Waals surface area contributed by atoms with Crippen LogP contribution in [0.2, 0.25) is 0 Å². The third-order valence-electron chi connectivity index (χ3n) is 1.82. The minimum atomic E-state index is 0.500. The van der Waals surface area contributed by atoms with Crippen molar-refractivity contribution in [1.82, 2.24) is 0 Å². The maximum Gasteiger partial charge on any atom is 0.124 e. The predicted octanol–water partition coefficient (Wildman–Crippen LogP) is 1.73. The first kappa shape index (κ1) is 9.40. The van der Waals surface area contributed by atoms with Gasteiger partial charge in [0.05, 0.1) is 13.2 Å². The Labute approximate surface area is 77.7 Å². The molecule has 0 heterocycles. The number of nitrogen functional groups attached to an aromatic ring is 1. The van der Waals surface area contributed by atoms with Crippen molar-refractivity contribution >= 4 is 5.69 Å². The summed E-state index contributed by atoms with van der Waals surface area (Å²) in [6, 6.07) is 7.57. The van der Waals surface area contributed by atoms with Crippen molar-refractivity contribution < 1.29 is 4.74 Å². The largest absolute Gasteiger partial charge is 0.496 e. The lowest BCUT2D eigenvalue weighted by atomic mass is 10.1. The van der Waals surface area contributed by atoms with Crippen LogP contribution in [0.5, 0.6) is 5.75 Å². The van der Waals surface area contributed by atoms with Gasteiger partial charge in [0, 0.05) is 18.2 Å². The molecule has 0 aliphatic carbocycles. The first-order valence-corrected chi connectivity index (χ1v) is 4.07. The summed E-state index contributed by atoms with van der Waals surface area (Å²) in [6.45, 7) is 0. The molecule has 0 fully saturated rings. The average molecular weight is 176 g/mol. The predicted molar refractivity (Wildman–Crippen MR) is 51.3 cm³/mol. The fraction of sp³-hybridized carbons (Fsp3) is 0.300. The molecule has 2 N–H and O–H groups in total. The second-order valence-electron chi connectivity index (χ2n) is 2.73. The highest BCUT2D eigenvalue weighted by molar-refractivity contribution is 5.48. The molecule has 1 aromatic carbocycles. The monoisotopic (exact) mass is 176 g/mol. The van der Waals surface area contributed by atoms with E-state index in [0.717, 1.165) is 11.3 Å². The number of nitrogens with zero attached hydrogens (tertiary/aromatic N) is 1. The average Bonchev–Trinajstić information content (AvgIpc) is 2.16. The number of benzene rings is 1. The van der Waals surface area contributed by atoms with Crippen LogP contribution in [0, 0.1) is 11.3 Å². The topological polar surface area (TPSA) is 59.0 Å². The van der Waals surface area contributed by atoms with Crippen LogP contribution in [0.15, 0.2) is 18.2 Å². The molecule has 3 nitrogen and oxygen atoms in total. The summed E-state index contributed by atoms with van der Waals surface area (Å²) in [7, 11) is 1.60. The second kappa shape index (κ2) is 4.36. The molecule has 0 saturated heterocycles. The molecule has 1 aromatic rings. The molecule has 0 atom stereocenters. The Kier molecular flexibility index (Phi) is 3.15. The zero-order chi connectivity index (χ0) is 9.68. The van der Waals surface area contributed by atoms with Crippen LogP contribution < -0.4 is 10.5 Å². The SMILES string of the molecule is COc1cc(N)ccc1CCC#N. The number of rotatable bonds is 3. The smallest absolute Gasteiger partial charge is 0.124 e. The summed E-state index contributed by atoms with van der Waals surface area (Å²) in [6.07, 6.45) is 1.21. The van der Waals surface area contributed by atoms with Gasteiger partial charge in [0.15, 0.2) is 0 Å². The highest BCUT2D eigenvalue weighted by Gasteiger charge is 2.02. The summed E-state index contributed by atoms with van der Waals surface area (Å²) in [5.41, 5.74) is 7.29. The summed E-state index contributed by atoms with van der Waals surface area (Å²) in [5, 5.41) is 8.43. The van der Waals surface area contributed by atoms with Gasteiger partial charge in [-0.05, 0) is 18.1 Å². The molecule has 0 saturated carbocycles. The van der Waals surface area contributed by atoms with Gasteiger partial charge in [0.1, 0.15) is 5.75 Å². The standard InChI is InChI=1S/C10H12N2O/c1-13-10-7-9(12)5-4-8(10)3-2-6-11/h4-5,7H,2-3,12H2,1H3. The molecule has 0 aliphatic heterocycles. The van der Waals surface area contributed by atoms with Crippen LogP contribution in [-0.2, 0) is 6.42 Å². The highest BCUT2D eigenvalue weighted by atomic mass is 16.5. The minimum Gasteiger partial charge on any atom is -0.496 e. The Balaban J connectivity index is 2.87. The van der Waals surface area contributed by atoms with Crippen molar-refractivity contribution in [3.05, 3.63) is 23.8 Å². The van der Waals surface area contributed by atoms with E-state index in [1.54, 1.807) is 13.2 Å². The van der Waals surface area contributed by atoms with E-state index in [1.807, 2.05) is 12.1 Å². The van der Waals surface area contributed by atoms with Crippen molar-refractivity contribution in [3.8, 4) is 11.8 Å². The molecular weight excluding hydrogens is 164 g/mol. The normalized spacial score (nSPS) is 9.23. The Morgan fingerprint density at radius 2 is 2.31 bits per heavy atom. The van der Waals surface area contributed by atoms with Crippen LogP contribution in [0.4, 0.5) is 5.69 Å². The molecule has 0 aromatic heterocycles. The fourth-order valence-electron chi connectivity index (χ4n) is 1.16. The van der Waals surface area contributed by atoms with Crippen molar-refractivity contribution in [2.24, 2.45) is 0 Å². The number of aryl methyl sites for hydroxylation is 1. The molecule has 68 valence electrons. The number of hydrogen-bond acceptors (Lipinski definition) is 3. The number of nitriles is 1. The molecule has 0 bridgehead atoms. The molecular formula is C10H12N2O. The molecule has 1 rings (SSSR count). The van der Waals surface area contributed by atoms with Gasteiger partial charge in [-0.15, -0.1) is 0 Å². The quantitative estimate of drug-likeness (QED) is 0.713. The molecule has 0 spiro atoms. The zero-order valence-electron chi connectivity index (χ0n) is 7.58. The van der Waals surface area contributed by atoms with Crippen molar-refractivity contribution in [1.29, 1.82) is 5.26 Å². The van der Waals surface area contributed by atoms with E-state index in [9.17, 15) is 0 Å². The fourth-order valence-corrected chi connectivity index (χ4v) is 1.16. The van der Waals surface area contributed by atoms with Gasteiger partial charge in [-0.3, -0.25) is 0 Å². The van der Waals surface area contributed by atoms with Crippen LogP contribution >= 0.6 is 0 Å². The maximum atomic E-state index is 8.43. The lowest BCUT2D eigenvalue weighted by molar-refractivity contribution is 0.410. The Hall–Kier alpha value is -1.69. The summed E-state index contributed by atoms with van der Waals surface area (Å²) < 4.78 is 5.13. The number of ether oxygens (including phenoxy) is 1. The van der Waals surface area contributed by atoms with Crippen molar-refractivity contribution in [2.75, 3.05) is 12.8 Å². The first-order valence-electron chi connectivity index (χ1n) is 4.07. The maximum absolute atomic E-state index is 8.43. The first-order chi connectivity index (χ1) is 6.27. The van der Waals surface area contributed by atoms with E-state index >= 15 is 0 Å².